The van der Waals surface area contributed by atoms with Crippen LogP contribution in [0, 0.1) is 24.5 Å². The predicted molar refractivity (Wildman–Crippen MR) is 78.9 cm³/mol. The molecule has 0 saturated carbocycles. The molecule has 1 N–H and O–H groups in total. The third kappa shape index (κ3) is 3.61. The predicted octanol–water partition coefficient (Wildman–Crippen LogP) is 2.75. The van der Waals surface area contributed by atoms with Gasteiger partial charge >= 0.3 is 0 Å². The van der Waals surface area contributed by atoms with Crippen molar-refractivity contribution in [2.24, 2.45) is 5.92 Å². The van der Waals surface area contributed by atoms with Gasteiger partial charge in [0.25, 0.3) is 0 Å². The number of nitrogens with one attached hydrogen (secondary N) is 1. The minimum Gasteiger partial charge on any atom is -0.309 e. The molecule has 3 nitrogen and oxygen atoms in total. The van der Waals surface area contributed by atoms with Crippen LogP contribution in [0.2, 0.25) is 0 Å². The van der Waals surface area contributed by atoms with Gasteiger partial charge in [-0.3, -0.25) is 0 Å². The molecule has 1 saturated heterocycles. The number of benzene rings is 1. The zero-order valence-corrected chi connectivity index (χ0v) is 13.1. The third-order valence-corrected chi connectivity index (χ3v) is 5.78. The maximum absolute atomic E-state index is 14.4. The molecule has 118 valence electrons. The monoisotopic (exact) mass is 317 g/mol. The number of sulfone groups is 1. The summed E-state index contributed by atoms with van der Waals surface area (Å²) < 4.78 is 51.8. The van der Waals surface area contributed by atoms with E-state index in [2.05, 4.69) is 5.32 Å². The van der Waals surface area contributed by atoms with Crippen molar-refractivity contribution in [1.29, 1.82) is 0 Å². The number of rotatable bonds is 5. The highest BCUT2D eigenvalue weighted by molar-refractivity contribution is 7.91. The van der Waals surface area contributed by atoms with Crippen LogP contribution in [0.4, 0.5) is 8.78 Å². The summed E-state index contributed by atoms with van der Waals surface area (Å²) in [5.41, 5.74) is 0.348. The van der Waals surface area contributed by atoms with Gasteiger partial charge in [0.05, 0.1) is 11.5 Å². The Kier molecular flexibility index (Phi) is 4.99. The average molecular weight is 317 g/mol. The molecule has 1 heterocycles. The molecule has 1 aromatic carbocycles. The van der Waals surface area contributed by atoms with Gasteiger partial charge in [0, 0.05) is 11.6 Å². The standard InChI is InChI=1S/C15H21F2NO2S/c1-3-7-18-15(11-6-8-21(19,20)9-11)13-12(16)5-4-10(2)14(13)17/h4-5,11,15,18H,3,6-9H2,1-2H3. The first-order valence-corrected chi connectivity index (χ1v) is 9.06. The first kappa shape index (κ1) is 16.4. The topological polar surface area (TPSA) is 46.2 Å². The van der Waals surface area contributed by atoms with Gasteiger partial charge in [-0.25, -0.2) is 17.2 Å². The molecule has 0 spiro atoms. The summed E-state index contributed by atoms with van der Waals surface area (Å²) in [6.07, 6.45) is 1.25. The maximum Gasteiger partial charge on any atom is 0.150 e. The molecule has 21 heavy (non-hydrogen) atoms. The number of halogens is 2. The van der Waals surface area contributed by atoms with E-state index >= 15 is 0 Å². The summed E-state index contributed by atoms with van der Waals surface area (Å²) >= 11 is 0. The largest absolute Gasteiger partial charge is 0.309 e. The van der Waals surface area contributed by atoms with E-state index in [1.54, 1.807) is 6.92 Å². The Hall–Kier alpha value is -1.01. The lowest BCUT2D eigenvalue weighted by Crippen LogP contribution is -2.31. The Balaban J connectivity index is 2.39. The van der Waals surface area contributed by atoms with Crippen molar-refractivity contribution in [3.63, 3.8) is 0 Å². The van der Waals surface area contributed by atoms with Crippen molar-refractivity contribution in [3.8, 4) is 0 Å². The number of hydrogen-bond acceptors (Lipinski definition) is 3. The molecule has 2 unspecified atom stereocenters. The highest BCUT2D eigenvalue weighted by Gasteiger charge is 2.36. The van der Waals surface area contributed by atoms with E-state index in [1.807, 2.05) is 6.92 Å². The van der Waals surface area contributed by atoms with E-state index in [0.717, 1.165) is 6.42 Å². The smallest absolute Gasteiger partial charge is 0.150 e. The van der Waals surface area contributed by atoms with Crippen LogP contribution in [-0.4, -0.2) is 26.5 Å². The van der Waals surface area contributed by atoms with Crippen LogP contribution in [0.1, 0.15) is 36.9 Å². The zero-order valence-electron chi connectivity index (χ0n) is 12.3. The summed E-state index contributed by atoms with van der Waals surface area (Å²) in [5, 5.41) is 3.13. The molecule has 2 rings (SSSR count). The first-order valence-electron chi connectivity index (χ1n) is 7.24. The van der Waals surface area contributed by atoms with Crippen molar-refractivity contribution >= 4 is 9.84 Å². The zero-order chi connectivity index (χ0) is 15.6. The molecule has 0 radical (unpaired) electrons. The Labute approximate surface area is 124 Å². The Morgan fingerprint density at radius 1 is 1.38 bits per heavy atom. The van der Waals surface area contributed by atoms with E-state index in [0.29, 0.717) is 18.5 Å². The molecule has 1 fully saturated rings. The van der Waals surface area contributed by atoms with Gasteiger partial charge in [0.15, 0.2) is 9.84 Å². The quantitative estimate of drug-likeness (QED) is 0.908. The van der Waals surface area contributed by atoms with Crippen molar-refractivity contribution in [1.82, 2.24) is 5.32 Å². The van der Waals surface area contributed by atoms with Crippen LogP contribution < -0.4 is 5.32 Å². The molecule has 0 bridgehead atoms. The van der Waals surface area contributed by atoms with E-state index in [1.165, 1.54) is 12.1 Å². The molecule has 0 aromatic heterocycles. The summed E-state index contributed by atoms with van der Waals surface area (Å²) in [6.45, 7) is 4.13. The Morgan fingerprint density at radius 3 is 2.67 bits per heavy atom. The summed E-state index contributed by atoms with van der Waals surface area (Å²) in [6, 6.07) is 2.05. The van der Waals surface area contributed by atoms with Crippen molar-refractivity contribution < 1.29 is 17.2 Å². The number of hydrogen-bond donors (Lipinski definition) is 1. The highest BCUT2D eigenvalue weighted by Crippen LogP contribution is 2.34. The van der Waals surface area contributed by atoms with Crippen LogP contribution in [0.3, 0.4) is 0 Å². The number of aryl methyl sites for hydroxylation is 1. The van der Waals surface area contributed by atoms with Crippen LogP contribution in [-0.2, 0) is 9.84 Å². The van der Waals surface area contributed by atoms with Crippen LogP contribution in [0.5, 0.6) is 0 Å². The summed E-state index contributed by atoms with van der Waals surface area (Å²) in [7, 11) is -3.09. The average Bonchev–Trinajstić information content (AvgIpc) is 2.78. The van der Waals surface area contributed by atoms with E-state index in [9.17, 15) is 17.2 Å². The van der Waals surface area contributed by atoms with Crippen molar-refractivity contribution in [2.75, 3.05) is 18.1 Å². The molecular formula is C15H21F2NO2S. The fourth-order valence-electron chi connectivity index (χ4n) is 2.85. The van der Waals surface area contributed by atoms with Gasteiger partial charge in [0.2, 0.25) is 0 Å². The second-order valence-electron chi connectivity index (χ2n) is 5.69. The summed E-state index contributed by atoms with van der Waals surface area (Å²) in [4.78, 5) is 0. The second-order valence-corrected chi connectivity index (χ2v) is 7.92. The lowest BCUT2D eigenvalue weighted by molar-refractivity contribution is 0.365. The molecule has 2 atom stereocenters. The third-order valence-electron chi connectivity index (χ3n) is 3.98. The van der Waals surface area contributed by atoms with Crippen molar-refractivity contribution in [2.45, 2.75) is 32.7 Å². The molecule has 6 heteroatoms. The molecular weight excluding hydrogens is 296 g/mol. The lowest BCUT2D eigenvalue weighted by atomic mass is 9.90. The van der Waals surface area contributed by atoms with Gasteiger partial charge in [-0.05, 0) is 43.9 Å². The first-order chi connectivity index (χ1) is 9.85. The van der Waals surface area contributed by atoms with Gasteiger partial charge < -0.3 is 5.32 Å². The SMILES string of the molecule is CCCNC(c1c(F)ccc(C)c1F)C1CCS(=O)(=O)C1. The molecule has 0 aliphatic carbocycles. The van der Waals surface area contributed by atoms with Gasteiger partial charge in [-0.15, -0.1) is 0 Å². The fourth-order valence-corrected chi connectivity index (χ4v) is 4.69. The molecule has 1 aliphatic rings. The van der Waals surface area contributed by atoms with Gasteiger partial charge in [0.1, 0.15) is 11.6 Å². The lowest BCUT2D eigenvalue weighted by Gasteiger charge is -2.25. The fraction of sp³-hybridized carbons (Fsp3) is 0.600. The maximum atomic E-state index is 14.4. The van der Waals surface area contributed by atoms with Crippen LogP contribution in [0.25, 0.3) is 0 Å². The minimum atomic E-state index is -3.09. The summed E-state index contributed by atoms with van der Waals surface area (Å²) in [5.74, 6) is -1.39. The Bertz CT molecular complexity index is 616. The van der Waals surface area contributed by atoms with Gasteiger partial charge in [-0.1, -0.05) is 13.0 Å². The molecule has 1 aromatic rings. The highest BCUT2D eigenvalue weighted by atomic mass is 32.2. The minimum absolute atomic E-state index is 0.0127. The van der Waals surface area contributed by atoms with Crippen LogP contribution in [0.15, 0.2) is 12.1 Å². The molecule has 0 amide bonds. The molecule has 1 aliphatic heterocycles. The normalized spacial score (nSPS) is 22.4. The van der Waals surface area contributed by atoms with E-state index in [-0.39, 0.29) is 23.0 Å². The van der Waals surface area contributed by atoms with Crippen molar-refractivity contribution in [3.05, 3.63) is 34.9 Å². The van der Waals surface area contributed by atoms with Crippen LogP contribution >= 0.6 is 0 Å². The van der Waals surface area contributed by atoms with Gasteiger partial charge in [-0.2, -0.15) is 0 Å². The Morgan fingerprint density at radius 2 is 2.10 bits per heavy atom. The van der Waals surface area contributed by atoms with E-state index < -0.39 is 27.5 Å². The van der Waals surface area contributed by atoms with E-state index in [4.69, 9.17) is 0 Å². The second kappa shape index (κ2) is 6.40.